The first kappa shape index (κ1) is 25.3. The van der Waals surface area contributed by atoms with Gasteiger partial charge in [-0.3, -0.25) is 14.2 Å². The van der Waals surface area contributed by atoms with Gasteiger partial charge >= 0.3 is 0 Å². The van der Waals surface area contributed by atoms with Crippen LogP contribution >= 0.6 is 0 Å². The topological polar surface area (TPSA) is 99.9 Å². The molecule has 0 aromatic carbocycles. The fraction of sp³-hybridized carbons (Fsp3) is 0.379. The van der Waals surface area contributed by atoms with Crippen molar-refractivity contribution in [3.05, 3.63) is 65.7 Å². The highest BCUT2D eigenvalue weighted by Gasteiger charge is 2.36. The number of ether oxygens (including phenoxy) is 1. The number of pyridine rings is 3. The second-order valence-corrected chi connectivity index (χ2v) is 11.0. The molecule has 202 valence electrons. The Kier molecular flexibility index (Phi) is 6.23. The van der Waals surface area contributed by atoms with Crippen molar-refractivity contribution in [2.24, 2.45) is 0 Å². The zero-order valence-electron chi connectivity index (χ0n) is 23.0. The van der Waals surface area contributed by atoms with Gasteiger partial charge in [-0.05, 0) is 58.6 Å². The molecule has 1 atom stereocenters. The van der Waals surface area contributed by atoms with Crippen LogP contribution in [0.25, 0.3) is 17.0 Å². The molecule has 0 unspecified atom stereocenters. The highest BCUT2D eigenvalue weighted by Crippen LogP contribution is 2.34. The Labute approximate surface area is 228 Å². The maximum Gasteiger partial charge on any atom is 0.254 e. The zero-order valence-corrected chi connectivity index (χ0v) is 23.0. The van der Waals surface area contributed by atoms with Gasteiger partial charge in [-0.1, -0.05) is 6.07 Å². The van der Waals surface area contributed by atoms with Crippen LogP contribution in [0, 0.1) is 6.92 Å². The SMILES string of the molecule is Cc1cccn2c(-c3ncc(Nc4ccc(N5CCO[C@@H](C(C)(C)N(C)C)C5)cn4)c4c3CNC4=O)cnc12. The fourth-order valence-electron chi connectivity index (χ4n) is 5.27. The van der Waals surface area contributed by atoms with Gasteiger partial charge < -0.3 is 25.2 Å². The molecular weight excluding hydrogens is 492 g/mol. The number of carbonyl (C=O) groups is 1. The number of carbonyl (C=O) groups excluding carboxylic acids is 1. The van der Waals surface area contributed by atoms with Crippen molar-refractivity contribution < 1.29 is 9.53 Å². The molecule has 10 nitrogen and oxygen atoms in total. The Hall–Kier alpha value is -4.02. The third kappa shape index (κ3) is 4.39. The van der Waals surface area contributed by atoms with Crippen molar-refractivity contribution in [3.8, 4) is 11.4 Å². The predicted molar refractivity (Wildman–Crippen MR) is 152 cm³/mol. The Bertz CT molecular complexity index is 1540. The first-order valence-corrected chi connectivity index (χ1v) is 13.2. The van der Waals surface area contributed by atoms with Gasteiger partial charge in [0.15, 0.2) is 0 Å². The molecule has 2 aliphatic rings. The van der Waals surface area contributed by atoms with E-state index in [4.69, 9.17) is 9.72 Å². The molecular formula is C29H34N8O2. The summed E-state index contributed by atoms with van der Waals surface area (Å²) in [7, 11) is 4.17. The summed E-state index contributed by atoms with van der Waals surface area (Å²) in [4.78, 5) is 31.4. The molecule has 6 heterocycles. The second-order valence-electron chi connectivity index (χ2n) is 11.0. The molecule has 6 rings (SSSR count). The highest BCUT2D eigenvalue weighted by atomic mass is 16.5. The van der Waals surface area contributed by atoms with E-state index in [1.54, 1.807) is 6.20 Å². The van der Waals surface area contributed by atoms with Crippen LogP contribution < -0.4 is 15.5 Å². The van der Waals surface area contributed by atoms with E-state index in [2.05, 4.69) is 64.4 Å². The van der Waals surface area contributed by atoms with Gasteiger partial charge in [-0.15, -0.1) is 0 Å². The van der Waals surface area contributed by atoms with Crippen LogP contribution in [0.5, 0.6) is 0 Å². The highest BCUT2D eigenvalue weighted by molar-refractivity contribution is 6.05. The molecule has 0 radical (unpaired) electrons. The maximum absolute atomic E-state index is 12.9. The number of nitrogens with zero attached hydrogens (tertiary/aromatic N) is 6. The fourth-order valence-corrected chi connectivity index (χ4v) is 5.27. The lowest BCUT2D eigenvalue weighted by molar-refractivity contribution is -0.0484. The molecule has 2 N–H and O–H groups in total. The lowest BCUT2D eigenvalue weighted by Gasteiger charge is -2.45. The summed E-state index contributed by atoms with van der Waals surface area (Å²) in [6.45, 7) is 9.14. The number of anilines is 3. The predicted octanol–water partition coefficient (Wildman–Crippen LogP) is 3.63. The molecule has 1 amide bonds. The normalized spacial score (nSPS) is 17.5. The van der Waals surface area contributed by atoms with Gasteiger partial charge in [0, 0.05) is 36.9 Å². The van der Waals surface area contributed by atoms with Gasteiger partial charge in [0.25, 0.3) is 5.91 Å². The molecule has 1 saturated heterocycles. The number of nitrogens with one attached hydrogen (secondary N) is 2. The van der Waals surface area contributed by atoms with E-state index in [0.717, 1.165) is 46.9 Å². The molecule has 0 saturated carbocycles. The molecule has 1 fully saturated rings. The van der Waals surface area contributed by atoms with E-state index in [9.17, 15) is 4.79 Å². The minimum Gasteiger partial charge on any atom is -0.373 e. The molecule has 0 spiro atoms. The van der Waals surface area contributed by atoms with Gasteiger partial charge in [0.05, 0.1) is 59.6 Å². The van der Waals surface area contributed by atoms with Crippen molar-refractivity contribution in [2.45, 2.75) is 39.0 Å². The Balaban J connectivity index is 1.25. The van der Waals surface area contributed by atoms with Crippen molar-refractivity contribution in [2.75, 3.05) is 44.0 Å². The van der Waals surface area contributed by atoms with Crippen LogP contribution in [-0.4, -0.2) is 75.6 Å². The Morgan fingerprint density at radius 1 is 1.13 bits per heavy atom. The smallest absolute Gasteiger partial charge is 0.254 e. The van der Waals surface area contributed by atoms with Crippen LogP contribution in [-0.2, 0) is 11.3 Å². The third-order valence-electron chi connectivity index (χ3n) is 8.19. The lowest BCUT2D eigenvalue weighted by atomic mass is 9.94. The first-order chi connectivity index (χ1) is 18.7. The van der Waals surface area contributed by atoms with Gasteiger partial charge in [-0.25, -0.2) is 9.97 Å². The second kappa shape index (κ2) is 9.62. The summed E-state index contributed by atoms with van der Waals surface area (Å²) < 4.78 is 8.13. The van der Waals surface area contributed by atoms with E-state index in [0.29, 0.717) is 30.2 Å². The van der Waals surface area contributed by atoms with Crippen molar-refractivity contribution in [1.82, 2.24) is 29.6 Å². The van der Waals surface area contributed by atoms with Gasteiger partial charge in [0.1, 0.15) is 11.5 Å². The summed E-state index contributed by atoms with van der Waals surface area (Å²) in [5.41, 5.74) is 6.60. The lowest BCUT2D eigenvalue weighted by Crippen LogP contribution is -2.57. The average Bonchev–Trinajstić information content (AvgIpc) is 3.54. The van der Waals surface area contributed by atoms with Gasteiger partial charge in [0.2, 0.25) is 0 Å². The summed E-state index contributed by atoms with van der Waals surface area (Å²) in [6, 6.07) is 8.02. The molecule has 0 aliphatic carbocycles. The van der Waals surface area contributed by atoms with E-state index in [-0.39, 0.29) is 17.6 Å². The number of imidazole rings is 1. The van der Waals surface area contributed by atoms with Crippen LogP contribution in [0.15, 0.2) is 49.1 Å². The number of hydrogen-bond acceptors (Lipinski definition) is 8. The molecule has 0 bridgehead atoms. The van der Waals surface area contributed by atoms with Crippen LogP contribution in [0.3, 0.4) is 0 Å². The number of hydrogen-bond donors (Lipinski definition) is 2. The van der Waals surface area contributed by atoms with Crippen molar-refractivity contribution >= 4 is 28.7 Å². The number of morpholine rings is 1. The molecule has 2 aliphatic heterocycles. The Morgan fingerprint density at radius 3 is 2.74 bits per heavy atom. The number of aromatic nitrogens is 4. The minimum atomic E-state index is -0.124. The summed E-state index contributed by atoms with van der Waals surface area (Å²) >= 11 is 0. The van der Waals surface area contributed by atoms with Crippen LogP contribution in [0.2, 0.25) is 0 Å². The minimum absolute atomic E-state index is 0.0848. The standard InChI is InChI=1S/C29H34N8O2/c1-18-7-6-10-37-22(16-32-27(18)37)26-20-14-33-28(38)25(20)21(15-31-26)34-24-9-8-19(13-30-24)36-11-12-39-23(17-36)29(2,3)35(4)5/h6-10,13,15-16,23H,11-12,14,17H2,1-5H3,(H,30,34)(H,33,38)/t23-/m1/s1. The number of amides is 1. The number of aryl methyl sites for hydroxylation is 1. The third-order valence-corrected chi connectivity index (χ3v) is 8.19. The molecule has 4 aromatic rings. The van der Waals surface area contributed by atoms with Crippen LogP contribution in [0.4, 0.5) is 17.2 Å². The summed E-state index contributed by atoms with van der Waals surface area (Å²) in [5, 5.41) is 6.28. The van der Waals surface area contributed by atoms with Gasteiger partial charge in [-0.2, -0.15) is 0 Å². The molecule has 4 aromatic heterocycles. The Morgan fingerprint density at radius 2 is 1.97 bits per heavy atom. The maximum atomic E-state index is 12.9. The van der Waals surface area contributed by atoms with E-state index >= 15 is 0 Å². The van der Waals surface area contributed by atoms with E-state index < -0.39 is 0 Å². The zero-order chi connectivity index (χ0) is 27.3. The summed E-state index contributed by atoms with van der Waals surface area (Å²) in [6.07, 6.45) is 7.45. The van der Waals surface area contributed by atoms with Crippen molar-refractivity contribution in [3.63, 3.8) is 0 Å². The number of likely N-dealkylation sites (N-methyl/N-ethyl adjacent to an activating group) is 1. The van der Waals surface area contributed by atoms with Crippen LogP contribution in [0.1, 0.15) is 35.3 Å². The van der Waals surface area contributed by atoms with Crippen molar-refractivity contribution in [1.29, 1.82) is 0 Å². The number of fused-ring (bicyclic) bond motifs is 2. The quantitative estimate of drug-likeness (QED) is 0.393. The molecule has 10 heteroatoms. The summed E-state index contributed by atoms with van der Waals surface area (Å²) in [5.74, 6) is 0.527. The first-order valence-electron chi connectivity index (χ1n) is 13.2. The molecule has 39 heavy (non-hydrogen) atoms. The average molecular weight is 527 g/mol. The van der Waals surface area contributed by atoms with E-state index in [1.807, 2.05) is 48.1 Å². The largest absolute Gasteiger partial charge is 0.373 e. The monoisotopic (exact) mass is 526 g/mol. The number of rotatable bonds is 6. The van der Waals surface area contributed by atoms with E-state index in [1.165, 1.54) is 0 Å².